The number of fused-ring (bicyclic) bond motifs is 3. The lowest BCUT2D eigenvalue weighted by atomic mass is 9.94. The van der Waals surface area contributed by atoms with Gasteiger partial charge in [0.05, 0.1) is 23.5 Å². The largest absolute Gasteiger partial charge is 0.444 e. The second kappa shape index (κ2) is 14.9. The number of benzene rings is 1. The number of amides is 1. The van der Waals surface area contributed by atoms with Crippen LogP contribution in [0.1, 0.15) is 92.8 Å². The first kappa shape index (κ1) is 39.4. The Morgan fingerprint density at radius 1 is 1.02 bits per heavy atom. The maximum atomic E-state index is 15.2. The number of pyridine rings is 2. The van der Waals surface area contributed by atoms with Crippen molar-refractivity contribution in [3.05, 3.63) is 87.2 Å². The number of hydrogen-bond acceptors (Lipinski definition) is 8. The highest BCUT2D eigenvalue weighted by molar-refractivity contribution is 6.76. The molecule has 2 atom stereocenters. The summed E-state index contributed by atoms with van der Waals surface area (Å²) in [5.41, 5.74) is 8.41. The van der Waals surface area contributed by atoms with Crippen molar-refractivity contribution in [2.75, 3.05) is 19.7 Å². The molecule has 4 aromatic heterocycles. The van der Waals surface area contributed by atoms with Crippen molar-refractivity contribution in [3.8, 4) is 34.3 Å². The van der Waals surface area contributed by atoms with Crippen LogP contribution >= 0.6 is 0 Å². The zero-order chi connectivity index (χ0) is 41.4. The number of ether oxygens (including phenoxy) is 2. The summed E-state index contributed by atoms with van der Waals surface area (Å²) >= 11 is 0. The van der Waals surface area contributed by atoms with Gasteiger partial charge >= 0.3 is 6.09 Å². The number of carbonyl (C=O) groups is 1. The van der Waals surface area contributed by atoms with Crippen molar-refractivity contribution in [1.82, 2.24) is 34.1 Å². The van der Waals surface area contributed by atoms with Crippen molar-refractivity contribution in [3.63, 3.8) is 0 Å². The Bertz CT molecular complexity index is 2540. The first-order valence-corrected chi connectivity index (χ1v) is 25.0. The summed E-state index contributed by atoms with van der Waals surface area (Å²) in [4.78, 5) is 37.9. The molecule has 308 valence electrons. The molecule has 59 heavy (non-hydrogen) atoms. The number of rotatable bonds is 12. The van der Waals surface area contributed by atoms with Crippen LogP contribution in [0.3, 0.4) is 0 Å². The van der Waals surface area contributed by atoms with E-state index in [1.807, 2.05) is 56.9 Å². The number of aromatic amines is 1. The lowest BCUT2D eigenvalue weighted by molar-refractivity contribution is 0.0120. The molecule has 9 rings (SSSR count). The molecule has 6 heterocycles. The molecule has 4 fully saturated rings. The number of H-pyrrole nitrogens is 1. The van der Waals surface area contributed by atoms with E-state index in [0.717, 1.165) is 89.4 Å². The number of likely N-dealkylation sites (tertiary alicyclic amines) is 2. The molecular weight excluding hydrogens is 757 g/mol. The highest BCUT2D eigenvalue weighted by Gasteiger charge is 2.46. The van der Waals surface area contributed by atoms with Crippen LogP contribution in [0.15, 0.2) is 53.6 Å². The van der Waals surface area contributed by atoms with Crippen LogP contribution in [0.2, 0.25) is 25.7 Å². The molecule has 2 saturated heterocycles. The predicted octanol–water partition coefficient (Wildman–Crippen LogP) is 8.69. The highest BCUT2D eigenvalue weighted by atomic mass is 28.3. The van der Waals surface area contributed by atoms with Gasteiger partial charge in [0.1, 0.15) is 23.7 Å². The number of nitrogens with one attached hydrogen (secondary N) is 1. The smallest absolute Gasteiger partial charge is 0.410 e. The van der Waals surface area contributed by atoms with E-state index in [9.17, 15) is 10.1 Å². The molecule has 4 aliphatic rings. The normalized spacial score (nSPS) is 19.5. The Morgan fingerprint density at radius 2 is 1.80 bits per heavy atom. The van der Waals surface area contributed by atoms with Gasteiger partial charge in [-0.1, -0.05) is 25.7 Å². The lowest BCUT2D eigenvalue weighted by Crippen LogP contribution is -2.49. The van der Waals surface area contributed by atoms with E-state index in [-0.39, 0.29) is 30.5 Å². The molecule has 2 saturated carbocycles. The number of hydrogen-bond donors (Lipinski definition) is 1. The van der Waals surface area contributed by atoms with E-state index < -0.39 is 13.7 Å². The van der Waals surface area contributed by atoms with E-state index >= 15 is 4.79 Å². The maximum Gasteiger partial charge on any atom is 0.410 e. The summed E-state index contributed by atoms with van der Waals surface area (Å²) in [6.07, 6.45) is 8.81. The van der Waals surface area contributed by atoms with Gasteiger partial charge in [-0.2, -0.15) is 10.4 Å². The number of nitriles is 1. The number of aryl methyl sites for hydroxylation is 1. The molecule has 0 unspecified atom stereocenters. The molecule has 1 aromatic carbocycles. The molecule has 2 aliphatic heterocycles. The molecule has 1 amide bonds. The van der Waals surface area contributed by atoms with Gasteiger partial charge in [0.2, 0.25) is 0 Å². The fraction of sp³-hybridized carbons (Fsp3) is 0.500. The zero-order valence-electron chi connectivity index (χ0n) is 35.5. The van der Waals surface area contributed by atoms with Gasteiger partial charge in [-0.05, 0) is 124 Å². The summed E-state index contributed by atoms with van der Waals surface area (Å²) in [5, 5.41) is 18.3. The van der Waals surface area contributed by atoms with Gasteiger partial charge in [-0.25, -0.2) is 9.78 Å². The van der Waals surface area contributed by atoms with E-state index in [4.69, 9.17) is 14.5 Å². The SMILES string of the molecule is Cc1cn[nH]c1-c1cc(C#N)ccc1-c1cc(C2CC2)nc(-n2cc(C3CC3)c3cc(CN4C[C@@H]5C[C@H]4CN5C(=O)OC(C)(C)C)n(COCC[Si](C)(C)C)c3c2=O)c1. The summed E-state index contributed by atoms with van der Waals surface area (Å²) in [6, 6.07) is 15.8. The van der Waals surface area contributed by atoms with Crippen molar-refractivity contribution < 1.29 is 14.3 Å². The molecule has 12 nitrogen and oxygen atoms in total. The Morgan fingerprint density at radius 3 is 2.44 bits per heavy atom. The zero-order valence-corrected chi connectivity index (χ0v) is 36.5. The maximum absolute atomic E-state index is 15.2. The van der Waals surface area contributed by atoms with Gasteiger partial charge in [0.25, 0.3) is 5.56 Å². The molecule has 2 bridgehead atoms. The van der Waals surface area contributed by atoms with E-state index in [1.165, 1.54) is 5.56 Å². The third-order valence-corrected chi connectivity index (χ3v) is 14.1. The number of aromatic nitrogens is 5. The van der Waals surface area contributed by atoms with Gasteiger partial charge in [-0.15, -0.1) is 0 Å². The van der Waals surface area contributed by atoms with E-state index in [1.54, 1.807) is 10.8 Å². The summed E-state index contributed by atoms with van der Waals surface area (Å²) in [6.45, 7) is 17.8. The van der Waals surface area contributed by atoms with Crippen LogP contribution < -0.4 is 5.56 Å². The third kappa shape index (κ3) is 8.02. The third-order valence-electron chi connectivity index (χ3n) is 12.4. The van der Waals surface area contributed by atoms with Crippen molar-refractivity contribution in [1.29, 1.82) is 5.26 Å². The second-order valence-corrected chi connectivity index (χ2v) is 25.1. The summed E-state index contributed by atoms with van der Waals surface area (Å²) < 4.78 is 16.1. The molecule has 13 heteroatoms. The minimum Gasteiger partial charge on any atom is -0.444 e. The number of nitrogens with zero attached hydrogens (tertiary/aromatic N) is 7. The van der Waals surface area contributed by atoms with Gasteiger partial charge < -0.3 is 18.9 Å². The standard InChI is InChI=1S/C46H56N8O4Si/c1-28-22-48-50-42(28)37-16-29(21-47)8-13-36(37)32-17-40(31-11-12-31)49-41(18-32)53-26-39(30-9-10-30)38-20-35(54(43(38)44(53)55)27-57-14-15-59(5,6)7)24-51-23-34-19-33(51)25-52(34)45(56)58-46(2,3)4/h8,13,16-18,20,22,26,30-31,33-34H,9-12,14-15,19,23-25,27H2,1-7H3,(H,48,50)/t33-,34-/m0/s1. The fourth-order valence-electron chi connectivity index (χ4n) is 8.93. The van der Waals surface area contributed by atoms with E-state index in [2.05, 4.69) is 63.7 Å². The monoisotopic (exact) mass is 812 g/mol. The molecule has 5 aromatic rings. The molecular formula is C46H56N8O4Si. The summed E-state index contributed by atoms with van der Waals surface area (Å²) in [7, 11) is -1.35. The minimum absolute atomic E-state index is 0.104. The van der Waals surface area contributed by atoms with Gasteiger partial charge in [0.15, 0.2) is 0 Å². The Hall–Kier alpha value is -5.03. The van der Waals surface area contributed by atoms with Crippen LogP contribution in [0.4, 0.5) is 4.79 Å². The predicted molar refractivity (Wildman–Crippen MR) is 231 cm³/mol. The average molecular weight is 813 g/mol. The fourth-order valence-corrected chi connectivity index (χ4v) is 9.68. The van der Waals surface area contributed by atoms with Crippen molar-refractivity contribution >= 4 is 25.1 Å². The number of piperazine rings is 1. The summed E-state index contributed by atoms with van der Waals surface area (Å²) in [5.74, 6) is 1.30. The quantitative estimate of drug-likeness (QED) is 0.0978. The average Bonchev–Trinajstić information content (AvgIpc) is 4.06. The number of carbonyl (C=O) groups excluding carboxylic acids is 1. The topological polar surface area (TPSA) is 134 Å². The first-order valence-electron chi connectivity index (χ1n) is 21.3. The van der Waals surface area contributed by atoms with Gasteiger partial charge in [0, 0.05) is 80.9 Å². The Labute approximate surface area is 347 Å². The Balaban J connectivity index is 1.13. The second-order valence-electron chi connectivity index (χ2n) is 19.5. The minimum atomic E-state index is -1.35. The van der Waals surface area contributed by atoms with E-state index in [0.29, 0.717) is 48.4 Å². The van der Waals surface area contributed by atoms with Gasteiger partial charge in [-0.3, -0.25) is 19.4 Å². The van der Waals surface area contributed by atoms with Crippen LogP contribution in [0.5, 0.6) is 0 Å². The van der Waals surface area contributed by atoms with Crippen LogP contribution in [0, 0.1) is 18.3 Å². The first-order chi connectivity index (χ1) is 28.1. The van der Waals surface area contributed by atoms with Crippen LogP contribution in [0.25, 0.3) is 39.1 Å². The Kier molecular flexibility index (Phi) is 9.96. The molecule has 2 aliphatic carbocycles. The highest BCUT2D eigenvalue weighted by Crippen LogP contribution is 2.45. The van der Waals surface area contributed by atoms with Crippen molar-refractivity contribution in [2.24, 2.45) is 0 Å². The molecule has 0 radical (unpaired) electrons. The van der Waals surface area contributed by atoms with Crippen molar-refractivity contribution in [2.45, 2.75) is 128 Å². The van der Waals surface area contributed by atoms with Crippen LogP contribution in [-0.4, -0.2) is 85.7 Å². The lowest BCUT2D eigenvalue weighted by Gasteiger charge is -2.35. The van der Waals surface area contributed by atoms with Crippen LogP contribution in [-0.2, 0) is 22.7 Å². The molecule has 1 N–H and O–H groups in total. The molecule has 0 spiro atoms.